The Morgan fingerprint density at radius 2 is 1.88 bits per heavy atom. The number of rotatable bonds is 8. The van der Waals surface area contributed by atoms with Gasteiger partial charge in [0.2, 0.25) is 0 Å². The first-order valence-electron chi connectivity index (χ1n) is 9.69. The summed E-state index contributed by atoms with van der Waals surface area (Å²) in [5.74, 6) is -0.728. The summed E-state index contributed by atoms with van der Waals surface area (Å²) in [5, 5.41) is 14.9. The monoisotopic (exact) mass is 564 g/mol. The van der Waals surface area contributed by atoms with E-state index in [2.05, 4.69) is 26.5 Å². The number of carbonyl (C=O) groups is 1. The minimum atomic E-state index is -4.08. The van der Waals surface area contributed by atoms with Crippen LogP contribution in [0, 0.1) is 17.0 Å². The van der Waals surface area contributed by atoms with Crippen LogP contribution in [-0.2, 0) is 14.8 Å². The number of sulfonamides is 1. The summed E-state index contributed by atoms with van der Waals surface area (Å²) in [6, 6.07) is 16.6. The van der Waals surface area contributed by atoms with Gasteiger partial charge in [0.15, 0.2) is 0 Å². The molecule has 0 unspecified atom stereocenters. The maximum absolute atomic E-state index is 13.3. The number of nitro benzene ring substituents is 1. The van der Waals surface area contributed by atoms with Crippen LogP contribution in [0.4, 0.5) is 11.4 Å². The van der Waals surface area contributed by atoms with E-state index in [1.807, 2.05) is 6.92 Å². The van der Waals surface area contributed by atoms with Crippen molar-refractivity contribution in [3.63, 3.8) is 0 Å². The number of nitrogens with zero attached hydrogens (tertiary/aromatic N) is 3. The molecule has 0 atom stereocenters. The van der Waals surface area contributed by atoms with Gasteiger partial charge < -0.3 is 0 Å². The van der Waals surface area contributed by atoms with Crippen molar-refractivity contribution in [2.75, 3.05) is 10.8 Å². The van der Waals surface area contributed by atoms with E-state index < -0.39 is 27.4 Å². The van der Waals surface area contributed by atoms with Gasteiger partial charge in [0.1, 0.15) is 6.54 Å². The minimum absolute atomic E-state index is 0.0257. The number of hydrogen-bond acceptors (Lipinski definition) is 6. The molecular weight excluding hydrogens is 548 g/mol. The molecule has 3 aromatic carbocycles. The molecule has 3 rings (SSSR count). The van der Waals surface area contributed by atoms with E-state index in [1.165, 1.54) is 30.3 Å². The van der Waals surface area contributed by atoms with Crippen LogP contribution < -0.4 is 9.73 Å². The Balaban J connectivity index is 1.85. The zero-order chi connectivity index (χ0) is 24.9. The molecule has 3 aromatic rings. The van der Waals surface area contributed by atoms with Crippen LogP contribution >= 0.6 is 27.5 Å². The number of non-ortho nitro benzene ring substituents is 1. The van der Waals surface area contributed by atoms with E-state index in [-0.39, 0.29) is 26.9 Å². The summed E-state index contributed by atoms with van der Waals surface area (Å²) in [7, 11) is -4.08. The van der Waals surface area contributed by atoms with E-state index in [1.54, 1.807) is 36.4 Å². The highest BCUT2D eigenvalue weighted by molar-refractivity contribution is 9.10. The molecule has 9 nitrogen and oxygen atoms in total. The fourth-order valence-electron chi connectivity index (χ4n) is 2.87. The van der Waals surface area contributed by atoms with Crippen molar-refractivity contribution < 1.29 is 18.1 Å². The van der Waals surface area contributed by atoms with Crippen LogP contribution in [0.25, 0.3) is 0 Å². The molecule has 0 heterocycles. The molecule has 1 N–H and O–H groups in total. The van der Waals surface area contributed by atoms with Crippen molar-refractivity contribution in [2.45, 2.75) is 11.8 Å². The number of aryl methyl sites for hydroxylation is 1. The molecule has 0 aromatic heterocycles. The Morgan fingerprint density at radius 1 is 1.18 bits per heavy atom. The van der Waals surface area contributed by atoms with E-state index in [4.69, 9.17) is 11.6 Å². The van der Waals surface area contributed by atoms with Crippen molar-refractivity contribution in [3.8, 4) is 0 Å². The maximum atomic E-state index is 13.3. The van der Waals surface area contributed by atoms with Gasteiger partial charge in [0.25, 0.3) is 21.6 Å². The van der Waals surface area contributed by atoms with Crippen LogP contribution in [0.1, 0.15) is 11.1 Å². The highest BCUT2D eigenvalue weighted by Gasteiger charge is 2.27. The van der Waals surface area contributed by atoms with Crippen molar-refractivity contribution in [3.05, 3.63) is 97.5 Å². The smallest absolute Gasteiger partial charge is 0.270 e. The van der Waals surface area contributed by atoms with Crippen molar-refractivity contribution in [1.29, 1.82) is 0 Å². The fourth-order valence-corrected chi connectivity index (χ4v) is 4.83. The number of carbonyl (C=O) groups excluding carboxylic acids is 1. The average Bonchev–Trinajstić information content (AvgIpc) is 2.78. The van der Waals surface area contributed by atoms with Gasteiger partial charge in [-0.05, 0) is 43.3 Å². The number of amides is 1. The van der Waals surface area contributed by atoms with Crippen molar-refractivity contribution >= 4 is 61.1 Å². The quantitative estimate of drug-likeness (QED) is 0.242. The van der Waals surface area contributed by atoms with E-state index >= 15 is 0 Å². The molecule has 0 saturated carbocycles. The highest BCUT2D eigenvalue weighted by atomic mass is 79.9. The second-order valence-electron chi connectivity index (χ2n) is 7.06. The first-order chi connectivity index (χ1) is 16.1. The lowest BCUT2D eigenvalue weighted by Gasteiger charge is -2.24. The molecule has 0 radical (unpaired) electrons. The van der Waals surface area contributed by atoms with Crippen LogP contribution in [-0.4, -0.2) is 32.0 Å². The van der Waals surface area contributed by atoms with Crippen molar-refractivity contribution in [1.82, 2.24) is 5.43 Å². The molecule has 176 valence electrons. The summed E-state index contributed by atoms with van der Waals surface area (Å²) in [6.07, 6.45) is 1.14. The molecule has 0 aliphatic heterocycles. The topological polar surface area (TPSA) is 122 Å². The van der Waals surface area contributed by atoms with E-state index in [0.29, 0.717) is 4.47 Å². The lowest BCUT2D eigenvalue weighted by atomic mass is 10.2. The molecule has 1 amide bonds. The zero-order valence-electron chi connectivity index (χ0n) is 17.7. The van der Waals surface area contributed by atoms with Gasteiger partial charge in [-0.2, -0.15) is 5.10 Å². The third-order valence-electron chi connectivity index (χ3n) is 4.58. The predicted molar refractivity (Wildman–Crippen MR) is 134 cm³/mol. The third kappa shape index (κ3) is 6.19. The molecule has 0 aliphatic carbocycles. The SMILES string of the molecule is Cc1ccc(S(=O)(=O)N(CC(=O)N/N=C\c2cc([N+](=O)[O-])ccc2Cl)c2cccc(Br)c2)cc1. The normalized spacial score (nSPS) is 11.4. The van der Waals surface area contributed by atoms with Crippen LogP contribution in [0.15, 0.2) is 81.2 Å². The Hall–Kier alpha value is -3.28. The number of nitro groups is 1. The number of benzene rings is 3. The number of hydrogen-bond donors (Lipinski definition) is 1. The van der Waals surface area contributed by atoms with Crippen LogP contribution in [0.5, 0.6) is 0 Å². The third-order valence-corrected chi connectivity index (χ3v) is 7.20. The number of nitrogens with one attached hydrogen (secondary N) is 1. The molecular formula is C22H18BrClN4O5S. The summed E-state index contributed by atoms with van der Waals surface area (Å²) in [5.41, 5.74) is 3.42. The zero-order valence-corrected chi connectivity index (χ0v) is 20.8. The van der Waals surface area contributed by atoms with Crippen molar-refractivity contribution in [2.24, 2.45) is 5.10 Å². The number of halogens is 2. The second-order valence-corrected chi connectivity index (χ2v) is 10.2. The Bertz CT molecular complexity index is 1360. The fraction of sp³-hybridized carbons (Fsp3) is 0.0909. The molecule has 0 bridgehead atoms. The molecule has 0 aliphatic rings. The highest BCUT2D eigenvalue weighted by Crippen LogP contribution is 2.26. The van der Waals surface area contributed by atoms with Crippen LogP contribution in [0.3, 0.4) is 0 Å². The first kappa shape index (κ1) is 25.3. The first-order valence-corrected chi connectivity index (χ1v) is 12.3. The number of hydrazone groups is 1. The summed E-state index contributed by atoms with van der Waals surface area (Å²) >= 11 is 9.33. The summed E-state index contributed by atoms with van der Waals surface area (Å²) in [6.45, 7) is 1.27. The van der Waals surface area contributed by atoms with Gasteiger partial charge >= 0.3 is 0 Å². The van der Waals surface area contributed by atoms with Gasteiger partial charge in [0, 0.05) is 27.2 Å². The molecule has 12 heteroatoms. The molecule has 34 heavy (non-hydrogen) atoms. The minimum Gasteiger partial charge on any atom is -0.271 e. The Kier molecular flexibility index (Phi) is 8.02. The standard InChI is InChI=1S/C22H18BrClN4O5S/c1-15-5-8-20(9-6-15)34(32,33)27(18-4-2-3-17(23)12-18)14-22(29)26-25-13-16-11-19(28(30)31)7-10-21(16)24/h2-13H,14H2,1H3,(H,26,29)/b25-13-. The van der Waals surface area contributed by atoms with Crippen LogP contribution in [0.2, 0.25) is 5.02 Å². The lowest BCUT2D eigenvalue weighted by Crippen LogP contribution is -2.39. The Labute approximate surface area is 209 Å². The largest absolute Gasteiger partial charge is 0.271 e. The number of anilines is 1. The molecule has 0 spiro atoms. The van der Waals surface area contributed by atoms with E-state index in [0.717, 1.165) is 16.1 Å². The van der Waals surface area contributed by atoms with Gasteiger partial charge in [-0.25, -0.2) is 13.8 Å². The van der Waals surface area contributed by atoms with Gasteiger partial charge in [-0.3, -0.25) is 19.2 Å². The molecule has 0 fully saturated rings. The summed E-state index contributed by atoms with van der Waals surface area (Å²) in [4.78, 5) is 23.0. The van der Waals surface area contributed by atoms with Gasteiger partial charge in [-0.1, -0.05) is 51.3 Å². The van der Waals surface area contributed by atoms with Gasteiger partial charge in [0.05, 0.1) is 21.7 Å². The lowest BCUT2D eigenvalue weighted by molar-refractivity contribution is -0.384. The second kappa shape index (κ2) is 10.8. The summed E-state index contributed by atoms with van der Waals surface area (Å²) < 4.78 is 28.3. The van der Waals surface area contributed by atoms with Gasteiger partial charge in [-0.15, -0.1) is 0 Å². The average molecular weight is 566 g/mol. The Morgan fingerprint density at radius 3 is 2.53 bits per heavy atom. The van der Waals surface area contributed by atoms with E-state index in [9.17, 15) is 23.3 Å². The molecule has 0 saturated heterocycles. The maximum Gasteiger partial charge on any atom is 0.270 e. The predicted octanol–water partition coefficient (Wildman–Crippen LogP) is 4.66.